The summed E-state index contributed by atoms with van der Waals surface area (Å²) in [5, 5.41) is 0. The van der Waals surface area contributed by atoms with E-state index in [9.17, 15) is 4.79 Å². The first-order chi connectivity index (χ1) is 11.1. The van der Waals surface area contributed by atoms with Crippen LogP contribution in [0.1, 0.15) is 23.1 Å². The predicted molar refractivity (Wildman–Crippen MR) is 91.6 cm³/mol. The van der Waals surface area contributed by atoms with Crippen molar-refractivity contribution in [3.63, 3.8) is 0 Å². The van der Waals surface area contributed by atoms with Crippen molar-refractivity contribution >= 4 is 29.5 Å². The fraction of sp³-hybridized carbons (Fsp3) is 0.375. The van der Waals surface area contributed by atoms with Crippen molar-refractivity contribution in [3.05, 3.63) is 38.3 Å². The third-order valence-electron chi connectivity index (χ3n) is 3.78. The van der Waals surface area contributed by atoms with Crippen molar-refractivity contribution < 1.29 is 14.3 Å². The standard InChI is InChI=1S/C16H18N2O3S2/c1-3-18(15(19)7-14-10(2)17-16(22)23-14)8-11-4-5-12-13(6-11)21-9-20-12/h4-6H,3,7-9H2,1-2H3,(H,17,22). The van der Waals surface area contributed by atoms with E-state index < -0.39 is 0 Å². The molecule has 3 rings (SSSR count). The van der Waals surface area contributed by atoms with Crippen LogP contribution in [0.3, 0.4) is 0 Å². The van der Waals surface area contributed by atoms with E-state index in [0.717, 1.165) is 27.6 Å². The lowest BCUT2D eigenvalue weighted by atomic mass is 10.1. The molecule has 0 aliphatic carbocycles. The number of fused-ring (bicyclic) bond motifs is 1. The van der Waals surface area contributed by atoms with Crippen molar-refractivity contribution in [2.75, 3.05) is 13.3 Å². The number of ether oxygens (including phenoxy) is 2. The van der Waals surface area contributed by atoms with Gasteiger partial charge in [0, 0.05) is 23.7 Å². The molecule has 0 radical (unpaired) electrons. The number of nitrogens with zero attached hydrogens (tertiary/aromatic N) is 1. The summed E-state index contributed by atoms with van der Waals surface area (Å²) in [5.41, 5.74) is 2.01. The quantitative estimate of drug-likeness (QED) is 0.840. The fourth-order valence-electron chi connectivity index (χ4n) is 2.49. The number of carbonyl (C=O) groups is 1. The van der Waals surface area contributed by atoms with E-state index in [1.165, 1.54) is 11.3 Å². The molecule has 1 aliphatic heterocycles. The number of rotatable bonds is 5. The van der Waals surface area contributed by atoms with Gasteiger partial charge in [-0.1, -0.05) is 6.07 Å². The Morgan fingerprint density at radius 1 is 1.39 bits per heavy atom. The molecule has 0 unspecified atom stereocenters. The topological polar surface area (TPSA) is 54.6 Å². The summed E-state index contributed by atoms with van der Waals surface area (Å²) in [4.78, 5) is 18.5. The Kier molecular flexibility index (Phi) is 4.68. The lowest BCUT2D eigenvalue weighted by Crippen LogP contribution is -2.31. The molecule has 1 aliphatic rings. The lowest BCUT2D eigenvalue weighted by Gasteiger charge is -2.21. The number of thiazole rings is 1. The Balaban J connectivity index is 1.70. The summed E-state index contributed by atoms with van der Waals surface area (Å²) >= 11 is 6.60. The van der Waals surface area contributed by atoms with E-state index in [4.69, 9.17) is 21.7 Å². The van der Waals surface area contributed by atoms with Crippen molar-refractivity contribution in [1.82, 2.24) is 9.88 Å². The highest BCUT2D eigenvalue weighted by molar-refractivity contribution is 7.73. The number of amides is 1. The second-order valence-electron chi connectivity index (χ2n) is 5.34. The van der Waals surface area contributed by atoms with E-state index in [1.807, 2.05) is 36.9 Å². The van der Waals surface area contributed by atoms with Gasteiger partial charge in [-0.3, -0.25) is 4.79 Å². The van der Waals surface area contributed by atoms with Gasteiger partial charge >= 0.3 is 0 Å². The summed E-state index contributed by atoms with van der Waals surface area (Å²) in [6, 6.07) is 5.79. The molecular formula is C16H18N2O3S2. The number of likely N-dealkylation sites (N-methyl/N-ethyl adjacent to an activating group) is 1. The molecule has 1 aromatic carbocycles. The zero-order valence-electron chi connectivity index (χ0n) is 13.0. The van der Waals surface area contributed by atoms with E-state index in [-0.39, 0.29) is 12.7 Å². The van der Waals surface area contributed by atoms with Gasteiger partial charge in [-0.25, -0.2) is 0 Å². The smallest absolute Gasteiger partial charge is 0.231 e. The second-order valence-corrected chi connectivity index (χ2v) is 7.11. The molecule has 7 heteroatoms. The summed E-state index contributed by atoms with van der Waals surface area (Å²) in [6.45, 7) is 5.40. The van der Waals surface area contributed by atoms with Crippen molar-refractivity contribution in [2.24, 2.45) is 0 Å². The third-order valence-corrected chi connectivity index (χ3v) is 5.12. The summed E-state index contributed by atoms with van der Waals surface area (Å²) in [7, 11) is 0. The Hall–Kier alpha value is -1.86. The minimum absolute atomic E-state index is 0.0958. The molecule has 0 spiro atoms. The molecule has 0 bridgehead atoms. The van der Waals surface area contributed by atoms with E-state index in [2.05, 4.69) is 4.98 Å². The van der Waals surface area contributed by atoms with Gasteiger partial charge in [0.1, 0.15) is 0 Å². The summed E-state index contributed by atoms with van der Waals surface area (Å²) in [6.07, 6.45) is 0.377. The molecule has 1 N–H and O–H groups in total. The van der Waals surface area contributed by atoms with Gasteiger partial charge in [0.05, 0.1) is 6.42 Å². The number of H-pyrrole nitrogens is 1. The average Bonchev–Trinajstić information content (AvgIpc) is 3.10. The van der Waals surface area contributed by atoms with Crippen LogP contribution in [-0.2, 0) is 17.8 Å². The van der Waals surface area contributed by atoms with Crippen molar-refractivity contribution in [1.29, 1.82) is 0 Å². The lowest BCUT2D eigenvalue weighted by molar-refractivity contribution is -0.130. The average molecular weight is 350 g/mol. The van der Waals surface area contributed by atoms with E-state index in [1.54, 1.807) is 0 Å². The highest BCUT2D eigenvalue weighted by Gasteiger charge is 2.18. The molecule has 2 heterocycles. The van der Waals surface area contributed by atoms with Gasteiger partial charge < -0.3 is 19.4 Å². The van der Waals surface area contributed by atoms with Crippen LogP contribution in [0.5, 0.6) is 11.5 Å². The Morgan fingerprint density at radius 3 is 2.87 bits per heavy atom. The van der Waals surface area contributed by atoms with Crippen LogP contribution in [0.25, 0.3) is 0 Å². The molecule has 23 heavy (non-hydrogen) atoms. The van der Waals surface area contributed by atoms with Crippen molar-refractivity contribution in [2.45, 2.75) is 26.8 Å². The Labute approximate surface area is 143 Å². The number of hydrogen-bond donors (Lipinski definition) is 1. The monoisotopic (exact) mass is 350 g/mol. The maximum atomic E-state index is 12.6. The molecule has 5 nitrogen and oxygen atoms in total. The number of aromatic nitrogens is 1. The SMILES string of the molecule is CCN(Cc1ccc2c(c1)OCO2)C(=O)Cc1sc(=S)[nH]c1C. The maximum absolute atomic E-state index is 12.6. The molecule has 2 aromatic rings. The normalized spacial score (nSPS) is 12.4. The number of aromatic amines is 1. The molecular weight excluding hydrogens is 332 g/mol. The van der Waals surface area contributed by atoms with Crippen LogP contribution in [0.2, 0.25) is 0 Å². The molecule has 0 saturated carbocycles. The third kappa shape index (κ3) is 3.56. The van der Waals surface area contributed by atoms with Crippen LogP contribution in [0, 0.1) is 10.9 Å². The highest BCUT2D eigenvalue weighted by atomic mass is 32.1. The molecule has 1 aromatic heterocycles. The first-order valence-corrected chi connectivity index (χ1v) is 8.64. The summed E-state index contributed by atoms with van der Waals surface area (Å²) < 4.78 is 11.4. The van der Waals surface area contributed by atoms with Crippen LogP contribution >= 0.6 is 23.6 Å². The maximum Gasteiger partial charge on any atom is 0.231 e. The first kappa shape index (κ1) is 16.0. The highest BCUT2D eigenvalue weighted by Crippen LogP contribution is 2.32. The Bertz CT molecular complexity index is 782. The van der Waals surface area contributed by atoms with Gasteiger partial charge in [0.25, 0.3) is 0 Å². The van der Waals surface area contributed by atoms with Gasteiger partial charge in [-0.15, -0.1) is 11.3 Å². The number of carbonyl (C=O) groups excluding carboxylic acids is 1. The molecule has 0 saturated heterocycles. The fourth-order valence-corrected chi connectivity index (χ4v) is 3.77. The minimum Gasteiger partial charge on any atom is -0.454 e. The number of benzene rings is 1. The van der Waals surface area contributed by atoms with Gasteiger partial charge in [0.2, 0.25) is 12.7 Å². The Morgan fingerprint density at radius 2 is 2.17 bits per heavy atom. The van der Waals surface area contributed by atoms with Crippen molar-refractivity contribution in [3.8, 4) is 11.5 Å². The number of nitrogens with one attached hydrogen (secondary N) is 1. The van der Waals surface area contributed by atoms with Crippen LogP contribution in [-0.4, -0.2) is 29.1 Å². The number of hydrogen-bond acceptors (Lipinski definition) is 5. The molecule has 0 atom stereocenters. The second kappa shape index (κ2) is 6.72. The predicted octanol–water partition coefficient (Wildman–Crippen LogP) is 3.43. The largest absolute Gasteiger partial charge is 0.454 e. The molecule has 0 fully saturated rings. The zero-order valence-corrected chi connectivity index (χ0v) is 14.7. The van der Waals surface area contributed by atoms with Gasteiger partial charge in [0.15, 0.2) is 15.5 Å². The van der Waals surface area contributed by atoms with Crippen LogP contribution in [0.15, 0.2) is 18.2 Å². The zero-order chi connectivity index (χ0) is 16.4. The van der Waals surface area contributed by atoms with E-state index >= 15 is 0 Å². The molecule has 1 amide bonds. The molecule has 122 valence electrons. The minimum atomic E-state index is 0.0958. The first-order valence-electron chi connectivity index (χ1n) is 7.41. The number of aryl methyl sites for hydroxylation is 1. The van der Waals surface area contributed by atoms with Gasteiger partial charge in [-0.05, 0) is 43.8 Å². The van der Waals surface area contributed by atoms with Crippen LogP contribution < -0.4 is 9.47 Å². The van der Waals surface area contributed by atoms with Gasteiger partial charge in [-0.2, -0.15) is 0 Å². The van der Waals surface area contributed by atoms with E-state index in [0.29, 0.717) is 23.5 Å². The van der Waals surface area contributed by atoms with Crippen LogP contribution in [0.4, 0.5) is 0 Å². The summed E-state index contributed by atoms with van der Waals surface area (Å²) in [5.74, 6) is 1.59.